The fourth-order valence-corrected chi connectivity index (χ4v) is 5.48. The summed E-state index contributed by atoms with van der Waals surface area (Å²) in [6.07, 6.45) is 0.160. The molecule has 10 heteroatoms. The van der Waals surface area contributed by atoms with Crippen LogP contribution < -0.4 is 20.1 Å². The van der Waals surface area contributed by atoms with Gasteiger partial charge in [-0.2, -0.15) is 0 Å². The van der Waals surface area contributed by atoms with Crippen molar-refractivity contribution in [2.24, 2.45) is 0 Å². The highest BCUT2D eigenvalue weighted by Gasteiger charge is 2.23. The molecular formula is C20H20N2O6S2. The summed E-state index contributed by atoms with van der Waals surface area (Å²) in [5.74, 6) is 0.203. The number of carbonyl (C=O) groups excluding carboxylic acids is 2. The third-order valence-corrected chi connectivity index (χ3v) is 7.53. The minimum Gasteiger partial charge on any atom is -0.454 e. The highest BCUT2D eigenvalue weighted by molar-refractivity contribution is 8.00. The molecule has 4 rings (SSSR count). The first-order chi connectivity index (χ1) is 14.3. The maximum Gasteiger partial charge on any atom is 0.231 e. The van der Waals surface area contributed by atoms with E-state index in [4.69, 9.17) is 9.47 Å². The Balaban J connectivity index is 1.42. The Morgan fingerprint density at radius 2 is 2.00 bits per heavy atom. The van der Waals surface area contributed by atoms with Crippen LogP contribution in [0.5, 0.6) is 11.5 Å². The van der Waals surface area contributed by atoms with E-state index in [1.807, 2.05) is 6.92 Å². The second-order valence-corrected chi connectivity index (χ2v) is 10.6. The van der Waals surface area contributed by atoms with Gasteiger partial charge in [0, 0.05) is 34.7 Å². The number of amides is 2. The zero-order valence-electron chi connectivity index (χ0n) is 16.1. The van der Waals surface area contributed by atoms with E-state index >= 15 is 0 Å². The van der Waals surface area contributed by atoms with Crippen LogP contribution in [0.1, 0.15) is 19.8 Å². The Hall–Kier alpha value is -2.72. The molecule has 2 amide bonds. The Morgan fingerprint density at radius 1 is 1.20 bits per heavy atom. The van der Waals surface area contributed by atoms with Crippen molar-refractivity contribution in [2.45, 2.75) is 34.8 Å². The van der Waals surface area contributed by atoms with Gasteiger partial charge in [-0.15, -0.1) is 11.8 Å². The number of fused-ring (bicyclic) bond motifs is 2. The summed E-state index contributed by atoms with van der Waals surface area (Å²) in [6.45, 7) is 2.08. The number of rotatable bonds is 5. The van der Waals surface area contributed by atoms with Gasteiger partial charge in [0.05, 0.1) is 16.3 Å². The highest BCUT2D eigenvalue weighted by Crippen LogP contribution is 2.37. The van der Waals surface area contributed by atoms with E-state index in [2.05, 4.69) is 10.6 Å². The minimum absolute atomic E-state index is 0.0765. The fourth-order valence-electron chi connectivity index (χ4n) is 3.17. The largest absolute Gasteiger partial charge is 0.454 e. The minimum atomic E-state index is -3.70. The zero-order valence-corrected chi connectivity index (χ0v) is 17.8. The van der Waals surface area contributed by atoms with E-state index in [1.165, 1.54) is 23.9 Å². The second-order valence-electron chi connectivity index (χ2n) is 7.02. The lowest BCUT2D eigenvalue weighted by atomic mass is 10.2. The molecule has 0 bridgehead atoms. The van der Waals surface area contributed by atoms with E-state index in [-0.39, 0.29) is 35.0 Å². The summed E-state index contributed by atoms with van der Waals surface area (Å²) in [5, 5.41) is 5.53. The Bertz CT molecular complexity index is 1120. The number of carbonyl (C=O) groups is 2. The van der Waals surface area contributed by atoms with Crippen molar-refractivity contribution in [3.05, 3.63) is 36.4 Å². The van der Waals surface area contributed by atoms with E-state index in [0.29, 0.717) is 29.3 Å². The smallest absolute Gasteiger partial charge is 0.231 e. The number of benzene rings is 2. The molecule has 0 saturated heterocycles. The third kappa shape index (κ3) is 4.54. The maximum absolute atomic E-state index is 12.7. The quantitative estimate of drug-likeness (QED) is 0.723. The third-order valence-electron chi connectivity index (χ3n) is 4.64. The zero-order chi connectivity index (χ0) is 21.3. The average Bonchev–Trinajstić information content (AvgIpc) is 3.09. The molecule has 2 aromatic rings. The first-order valence-electron chi connectivity index (χ1n) is 9.33. The Kier molecular flexibility index (Phi) is 5.61. The molecule has 2 N–H and O–H groups in total. The molecule has 2 aliphatic heterocycles. The van der Waals surface area contributed by atoms with Crippen molar-refractivity contribution in [1.82, 2.24) is 0 Å². The van der Waals surface area contributed by atoms with Crippen molar-refractivity contribution in [3.63, 3.8) is 0 Å². The monoisotopic (exact) mass is 448 g/mol. The lowest BCUT2D eigenvalue weighted by Gasteiger charge is -2.11. The summed E-state index contributed by atoms with van der Waals surface area (Å²) < 4.78 is 35.9. The molecule has 158 valence electrons. The normalized spacial score (nSPS) is 17.6. The summed E-state index contributed by atoms with van der Waals surface area (Å²) in [6, 6.07) is 9.64. The van der Waals surface area contributed by atoms with Crippen LogP contribution in [0.3, 0.4) is 0 Å². The number of hydrogen-bond acceptors (Lipinski definition) is 7. The van der Waals surface area contributed by atoms with Gasteiger partial charge >= 0.3 is 0 Å². The topological polar surface area (TPSA) is 111 Å². The second kappa shape index (κ2) is 8.19. The lowest BCUT2D eigenvalue weighted by Crippen LogP contribution is -2.18. The summed E-state index contributed by atoms with van der Waals surface area (Å²) >= 11 is 1.52. The number of nitrogens with one attached hydrogen (secondary N) is 2. The van der Waals surface area contributed by atoms with Gasteiger partial charge in [0.1, 0.15) is 0 Å². The maximum atomic E-state index is 12.7. The van der Waals surface area contributed by atoms with Gasteiger partial charge in [-0.1, -0.05) is 6.92 Å². The van der Waals surface area contributed by atoms with Crippen LogP contribution in [0.15, 0.2) is 46.2 Å². The van der Waals surface area contributed by atoms with E-state index < -0.39 is 15.7 Å². The van der Waals surface area contributed by atoms with E-state index in [1.54, 1.807) is 24.3 Å². The molecule has 0 fully saturated rings. The number of thioether (sulfide) groups is 1. The predicted molar refractivity (Wildman–Crippen MR) is 113 cm³/mol. The van der Waals surface area contributed by atoms with Crippen LogP contribution >= 0.6 is 11.8 Å². The Labute approximate surface area is 178 Å². The van der Waals surface area contributed by atoms with Crippen LogP contribution in [0.4, 0.5) is 11.4 Å². The van der Waals surface area contributed by atoms with Gasteiger partial charge in [-0.25, -0.2) is 8.42 Å². The summed E-state index contributed by atoms with van der Waals surface area (Å²) in [4.78, 5) is 25.1. The standard InChI is InChI=1S/C20H20N2O6S2/c1-12-8-20(24)22-15-10-14(3-5-18(15)29-12)30(25,26)7-6-19(23)21-13-2-4-16-17(9-13)28-11-27-16/h2-5,9-10,12H,6-8,11H2,1H3,(H,21,23)(H,22,24)/t12-/m0/s1. The average molecular weight is 449 g/mol. The predicted octanol–water partition coefficient (Wildman–Crippen LogP) is 3.04. The first kappa shape index (κ1) is 20.5. The van der Waals surface area contributed by atoms with Crippen molar-refractivity contribution in [2.75, 3.05) is 23.2 Å². The highest BCUT2D eigenvalue weighted by atomic mass is 32.2. The van der Waals surface area contributed by atoms with Crippen molar-refractivity contribution in [3.8, 4) is 11.5 Å². The molecule has 8 nitrogen and oxygen atoms in total. The van der Waals surface area contributed by atoms with Gasteiger partial charge in [-0.3, -0.25) is 9.59 Å². The van der Waals surface area contributed by atoms with Gasteiger partial charge < -0.3 is 20.1 Å². The van der Waals surface area contributed by atoms with E-state index in [9.17, 15) is 18.0 Å². The number of anilines is 2. The number of sulfone groups is 1. The molecule has 2 aliphatic rings. The van der Waals surface area contributed by atoms with Gasteiger partial charge in [-0.05, 0) is 30.3 Å². The molecular weight excluding hydrogens is 428 g/mol. The Morgan fingerprint density at radius 3 is 2.83 bits per heavy atom. The van der Waals surface area contributed by atoms with Gasteiger partial charge in [0.15, 0.2) is 21.3 Å². The van der Waals surface area contributed by atoms with Crippen LogP contribution in [-0.2, 0) is 19.4 Å². The summed E-state index contributed by atoms with van der Waals surface area (Å²) in [5.41, 5.74) is 0.987. The van der Waals surface area contributed by atoms with Crippen molar-refractivity contribution in [1.29, 1.82) is 0 Å². The molecule has 30 heavy (non-hydrogen) atoms. The molecule has 0 unspecified atom stereocenters. The van der Waals surface area contributed by atoms with Crippen LogP contribution in [0, 0.1) is 0 Å². The number of hydrogen-bond donors (Lipinski definition) is 2. The molecule has 0 radical (unpaired) electrons. The molecule has 0 spiro atoms. The molecule has 2 heterocycles. The molecule has 2 aromatic carbocycles. The molecule has 1 atom stereocenters. The van der Waals surface area contributed by atoms with Crippen molar-refractivity contribution < 1.29 is 27.5 Å². The van der Waals surface area contributed by atoms with Gasteiger partial charge in [0.2, 0.25) is 18.6 Å². The first-order valence-corrected chi connectivity index (χ1v) is 11.9. The van der Waals surface area contributed by atoms with Crippen molar-refractivity contribution >= 4 is 44.8 Å². The van der Waals surface area contributed by atoms with E-state index in [0.717, 1.165) is 4.90 Å². The SMILES string of the molecule is C[C@H]1CC(=O)Nc2cc(S(=O)(=O)CCC(=O)Nc3ccc4c(c3)OCO4)ccc2S1. The summed E-state index contributed by atoms with van der Waals surface area (Å²) in [7, 11) is -3.70. The van der Waals surface area contributed by atoms with Gasteiger partial charge in [0.25, 0.3) is 0 Å². The van der Waals surface area contributed by atoms with Crippen LogP contribution in [0.25, 0.3) is 0 Å². The molecule has 0 aromatic heterocycles. The fraction of sp³-hybridized carbons (Fsp3) is 0.300. The van der Waals surface area contributed by atoms with Crippen LogP contribution in [-0.4, -0.2) is 38.0 Å². The van der Waals surface area contributed by atoms with Crippen LogP contribution in [0.2, 0.25) is 0 Å². The molecule has 0 saturated carbocycles. The molecule has 0 aliphatic carbocycles. The lowest BCUT2D eigenvalue weighted by molar-refractivity contribution is -0.116. The number of ether oxygens (including phenoxy) is 2.